The molecule has 4 N–H and O–H groups in total. The van der Waals surface area contributed by atoms with E-state index in [1.165, 1.54) is 0 Å². The third-order valence-corrected chi connectivity index (χ3v) is 1.93. The number of amides is 1. The summed E-state index contributed by atoms with van der Waals surface area (Å²) in [6.45, 7) is 0.0364. The standard InChI is InChI=1S/C6H11NO5/c8-3-1-2-7(6(11)12)5(10)4(3)9/h3-5,8-10H,1-2H2,(H,11,12). The van der Waals surface area contributed by atoms with Gasteiger partial charge in [0.25, 0.3) is 0 Å². The van der Waals surface area contributed by atoms with E-state index in [-0.39, 0.29) is 13.0 Å². The van der Waals surface area contributed by atoms with Gasteiger partial charge in [-0.05, 0) is 6.42 Å². The number of carboxylic acid groups (broad SMARTS) is 1. The predicted octanol–water partition coefficient (Wildman–Crippen LogP) is -1.59. The number of hydrogen-bond acceptors (Lipinski definition) is 4. The van der Waals surface area contributed by atoms with E-state index in [2.05, 4.69) is 0 Å². The molecule has 0 radical (unpaired) electrons. The first-order chi connectivity index (χ1) is 5.54. The van der Waals surface area contributed by atoms with E-state index in [1.807, 2.05) is 0 Å². The van der Waals surface area contributed by atoms with Gasteiger partial charge in [0.15, 0.2) is 6.23 Å². The zero-order valence-corrected chi connectivity index (χ0v) is 6.29. The van der Waals surface area contributed by atoms with Crippen LogP contribution in [0.3, 0.4) is 0 Å². The fraction of sp³-hybridized carbons (Fsp3) is 0.833. The number of hydrogen-bond donors (Lipinski definition) is 4. The number of rotatable bonds is 0. The average molecular weight is 177 g/mol. The lowest BCUT2D eigenvalue weighted by molar-refractivity contribution is -0.143. The van der Waals surface area contributed by atoms with Crippen molar-refractivity contribution in [3.8, 4) is 0 Å². The summed E-state index contributed by atoms with van der Waals surface area (Å²) < 4.78 is 0. The summed E-state index contributed by atoms with van der Waals surface area (Å²) in [5.74, 6) is 0. The molecule has 0 spiro atoms. The predicted molar refractivity (Wildman–Crippen MR) is 37.4 cm³/mol. The van der Waals surface area contributed by atoms with Gasteiger partial charge in [-0.25, -0.2) is 4.79 Å². The van der Waals surface area contributed by atoms with Crippen molar-refractivity contribution in [1.29, 1.82) is 0 Å². The third-order valence-electron chi connectivity index (χ3n) is 1.93. The highest BCUT2D eigenvalue weighted by atomic mass is 16.4. The van der Waals surface area contributed by atoms with E-state index in [1.54, 1.807) is 0 Å². The maximum Gasteiger partial charge on any atom is 0.409 e. The van der Waals surface area contributed by atoms with Gasteiger partial charge in [0.05, 0.1) is 6.10 Å². The second-order valence-corrected chi connectivity index (χ2v) is 2.74. The molecule has 1 fully saturated rings. The quantitative estimate of drug-likeness (QED) is 0.357. The lowest BCUT2D eigenvalue weighted by Gasteiger charge is -2.36. The van der Waals surface area contributed by atoms with Crippen LogP contribution in [0.2, 0.25) is 0 Å². The minimum absolute atomic E-state index is 0.0364. The van der Waals surface area contributed by atoms with Gasteiger partial charge in [-0.1, -0.05) is 0 Å². The minimum atomic E-state index is -1.52. The Morgan fingerprint density at radius 2 is 1.92 bits per heavy atom. The molecule has 1 saturated heterocycles. The molecule has 6 heteroatoms. The molecular formula is C6H11NO5. The number of nitrogens with zero attached hydrogens (tertiary/aromatic N) is 1. The van der Waals surface area contributed by atoms with Crippen molar-refractivity contribution >= 4 is 6.09 Å². The molecule has 0 aliphatic carbocycles. The van der Waals surface area contributed by atoms with Crippen molar-refractivity contribution in [3.05, 3.63) is 0 Å². The van der Waals surface area contributed by atoms with Gasteiger partial charge >= 0.3 is 6.09 Å². The van der Waals surface area contributed by atoms with Crippen molar-refractivity contribution in [2.45, 2.75) is 24.9 Å². The molecule has 0 aromatic carbocycles. The molecule has 0 bridgehead atoms. The molecule has 6 nitrogen and oxygen atoms in total. The average Bonchev–Trinajstić information content (AvgIpc) is 2.00. The molecule has 1 rings (SSSR count). The fourth-order valence-electron chi connectivity index (χ4n) is 1.17. The summed E-state index contributed by atoms with van der Waals surface area (Å²) in [4.78, 5) is 11.1. The Morgan fingerprint density at radius 1 is 1.33 bits per heavy atom. The number of piperidine rings is 1. The van der Waals surface area contributed by atoms with Gasteiger partial charge in [0.2, 0.25) is 0 Å². The number of carbonyl (C=O) groups is 1. The number of aliphatic hydroxyl groups is 3. The first-order valence-electron chi connectivity index (χ1n) is 3.58. The molecule has 0 aromatic rings. The molecule has 3 unspecified atom stereocenters. The van der Waals surface area contributed by atoms with Gasteiger partial charge < -0.3 is 20.4 Å². The number of aliphatic hydroxyl groups excluding tert-OH is 3. The largest absolute Gasteiger partial charge is 0.465 e. The van der Waals surface area contributed by atoms with Crippen LogP contribution in [0.1, 0.15) is 6.42 Å². The Hall–Kier alpha value is -0.850. The van der Waals surface area contributed by atoms with Crippen LogP contribution in [0.4, 0.5) is 4.79 Å². The second kappa shape index (κ2) is 3.26. The van der Waals surface area contributed by atoms with Crippen molar-refractivity contribution in [1.82, 2.24) is 4.90 Å². The smallest absolute Gasteiger partial charge is 0.409 e. The highest BCUT2D eigenvalue weighted by Gasteiger charge is 2.37. The van der Waals surface area contributed by atoms with E-state index in [4.69, 9.17) is 20.4 Å². The van der Waals surface area contributed by atoms with Gasteiger partial charge in [0.1, 0.15) is 6.10 Å². The maximum atomic E-state index is 10.4. The van der Waals surface area contributed by atoms with Gasteiger partial charge in [-0.15, -0.1) is 0 Å². The van der Waals surface area contributed by atoms with Crippen LogP contribution in [-0.2, 0) is 0 Å². The molecule has 12 heavy (non-hydrogen) atoms. The Bertz CT molecular complexity index is 185. The normalized spacial score (nSPS) is 36.6. The highest BCUT2D eigenvalue weighted by molar-refractivity contribution is 5.65. The van der Waals surface area contributed by atoms with Crippen molar-refractivity contribution in [3.63, 3.8) is 0 Å². The minimum Gasteiger partial charge on any atom is -0.465 e. The lowest BCUT2D eigenvalue weighted by atomic mass is 10.0. The number of likely N-dealkylation sites (tertiary alicyclic amines) is 1. The van der Waals surface area contributed by atoms with Gasteiger partial charge in [-0.3, -0.25) is 4.90 Å². The Balaban J connectivity index is 2.65. The van der Waals surface area contributed by atoms with Crippen molar-refractivity contribution in [2.75, 3.05) is 6.54 Å². The molecule has 0 saturated carbocycles. The topological polar surface area (TPSA) is 101 Å². The van der Waals surface area contributed by atoms with Crippen LogP contribution in [0, 0.1) is 0 Å². The zero-order chi connectivity index (χ0) is 9.30. The van der Waals surface area contributed by atoms with Crippen molar-refractivity contribution < 1.29 is 25.2 Å². The summed E-state index contributed by atoms with van der Waals surface area (Å²) in [6.07, 6.45) is -5.13. The molecule has 1 aliphatic heterocycles. The van der Waals surface area contributed by atoms with Crippen LogP contribution < -0.4 is 0 Å². The van der Waals surface area contributed by atoms with E-state index in [0.29, 0.717) is 4.90 Å². The SMILES string of the molecule is O=C(O)N1CCC(O)C(O)C1O. The Labute approximate surface area is 68.7 Å². The molecule has 1 aliphatic rings. The molecule has 3 atom stereocenters. The molecule has 1 amide bonds. The second-order valence-electron chi connectivity index (χ2n) is 2.74. The van der Waals surface area contributed by atoms with Crippen LogP contribution in [-0.4, -0.2) is 56.4 Å². The first kappa shape index (κ1) is 9.24. The van der Waals surface area contributed by atoms with E-state index in [0.717, 1.165) is 0 Å². The summed E-state index contributed by atoms with van der Waals surface area (Å²) in [7, 11) is 0. The van der Waals surface area contributed by atoms with Crippen LogP contribution in [0.15, 0.2) is 0 Å². The van der Waals surface area contributed by atoms with Crippen LogP contribution >= 0.6 is 0 Å². The van der Waals surface area contributed by atoms with Crippen LogP contribution in [0.25, 0.3) is 0 Å². The third kappa shape index (κ3) is 1.50. The molecule has 0 aromatic heterocycles. The summed E-state index contributed by atoms with van der Waals surface area (Å²) in [5, 5.41) is 35.7. The Kier molecular flexibility index (Phi) is 2.51. The fourth-order valence-corrected chi connectivity index (χ4v) is 1.17. The monoisotopic (exact) mass is 177 g/mol. The van der Waals surface area contributed by atoms with Crippen LogP contribution in [0.5, 0.6) is 0 Å². The maximum absolute atomic E-state index is 10.4. The summed E-state index contributed by atoms with van der Waals surface area (Å²) in [6, 6.07) is 0. The summed E-state index contributed by atoms with van der Waals surface area (Å²) in [5.41, 5.74) is 0. The summed E-state index contributed by atoms with van der Waals surface area (Å²) >= 11 is 0. The first-order valence-corrected chi connectivity index (χ1v) is 3.58. The zero-order valence-electron chi connectivity index (χ0n) is 6.29. The molecular weight excluding hydrogens is 166 g/mol. The molecule has 1 heterocycles. The lowest BCUT2D eigenvalue weighted by Crippen LogP contribution is -2.56. The van der Waals surface area contributed by atoms with Gasteiger partial charge in [0, 0.05) is 6.54 Å². The van der Waals surface area contributed by atoms with Crippen molar-refractivity contribution in [2.24, 2.45) is 0 Å². The highest BCUT2D eigenvalue weighted by Crippen LogP contribution is 2.16. The van der Waals surface area contributed by atoms with E-state index in [9.17, 15) is 4.79 Å². The van der Waals surface area contributed by atoms with Gasteiger partial charge in [-0.2, -0.15) is 0 Å². The Morgan fingerprint density at radius 3 is 2.42 bits per heavy atom. The molecule has 70 valence electrons. The van der Waals surface area contributed by atoms with E-state index >= 15 is 0 Å². The van der Waals surface area contributed by atoms with E-state index < -0.39 is 24.5 Å².